The van der Waals surface area contributed by atoms with Crippen LogP contribution in [0.5, 0.6) is 0 Å². The normalized spacial score (nSPS) is 19.0. The van der Waals surface area contributed by atoms with Gasteiger partial charge in [0.25, 0.3) is 5.91 Å². The molecule has 0 radical (unpaired) electrons. The van der Waals surface area contributed by atoms with E-state index < -0.39 is 11.9 Å². The number of carboxylic acid groups (broad SMARTS) is 1. The molecule has 3 N–H and O–H groups in total. The maximum absolute atomic E-state index is 12.5. The van der Waals surface area contributed by atoms with Gasteiger partial charge in [-0.3, -0.25) is 9.59 Å². The number of amides is 3. The highest BCUT2D eigenvalue weighted by atomic mass is 16.4. The zero-order chi connectivity index (χ0) is 20.1. The Hall–Kier alpha value is -3.35. The number of hydrogen-bond acceptors (Lipinski definition) is 3. The number of para-hydroxylation sites is 1. The number of benzene rings is 2. The molecule has 7 nitrogen and oxygen atoms in total. The van der Waals surface area contributed by atoms with Crippen LogP contribution < -0.4 is 10.6 Å². The molecule has 2 aromatic carbocycles. The number of carbonyl (C=O) groups is 3. The van der Waals surface area contributed by atoms with Crippen LogP contribution in [0.15, 0.2) is 54.6 Å². The van der Waals surface area contributed by atoms with E-state index in [2.05, 4.69) is 10.6 Å². The topological polar surface area (TPSA) is 98.7 Å². The molecule has 3 rings (SSSR count). The summed E-state index contributed by atoms with van der Waals surface area (Å²) in [6, 6.07) is 15.4. The number of rotatable bonds is 4. The van der Waals surface area contributed by atoms with Gasteiger partial charge in [0.15, 0.2) is 0 Å². The summed E-state index contributed by atoms with van der Waals surface area (Å²) in [6.45, 7) is 2.66. The third-order valence-electron chi connectivity index (χ3n) is 4.73. The van der Waals surface area contributed by atoms with Crippen LogP contribution in [0.1, 0.15) is 23.7 Å². The second kappa shape index (κ2) is 8.56. The lowest BCUT2D eigenvalue weighted by Gasteiger charge is -2.34. The van der Waals surface area contributed by atoms with Gasteiger partial charge in [0.1, 0.15) is 0 Å². The van der Waals surface area contributed by atoms with Gasteiger partial charge in [-0.15, -0.1) is 0 Å². The highest BCUT2D eigenvalue weighted by Crippen LogP contribution is 2.22. The summed E-state index contributed by atoms with van der Waals surface area (Å²) in [4.78, 5) is 37.5. The minimum absolute atomic E-state index is 0.129. The summed E-state index contributed by atoms with van der Waals surface area (Å²) in [6.07, 6.45) is 0.574. The molecule has 1 aliphatic rings. The van der Waals surface area contributed by atoms with Gasteiger partial charge in [-0.1, -0.05) is 25.1 Å². The first-order chi connectivity index (χ1) is 13.4. The third kappa shape index (κ3) is 4.88. The van der Waals surface area contributed by atoms with Crippen molar-refractivity contribution in [3.63, 3.8) is 0 Å². The number of likely N-dealkylation sites (tertiary alicyclic amines) is 1. The monoisotopic (exact) mass is 381 g/mol. The largest absolute Gasteiger partial charge is 0.481 e. The predicted octanol–water partition coefficient (Wildman–Crippen LogP) is 3.51. The molecule has 28 heavy (non-hydrogen) atoms. The first-order valence-electron chi connectivity index (χ1n) is 9.17. The van der Waals surface area contributed by atoms with E-state index in [1.54, 1.807) is 36.4 Å². The number of anilines is 2. The molecule has 1 fully saturated rings. The predicted molar refractivity (Wildman–Crippen MR) is 106 cm³/mol. The molecule has 0 spiro atoms. The van der Waals surface area contributed by atoms with Crippen LogP contribution in [0.4, 0.5) is 16.2 Å². The molecule has 1 aliphatic heterocycles. The van der Waals surface area contributed by atoms with Crippen molar-refractivity contribution in [3.8, 4) is 0 Å². The third-order valence-corrected chi connectivity index (χ3v) is 4.73. The van der Waals surface area contributed by atoms with E-state index in [9.17, 15) is 19.5 Å². The molecule has 3 amide bonds. The number of hydrogen-bond donors (Lipinski definition) is 3. The molecule has 0 bridgehead atoms. The van der Waals surface area contributed by atoms with Crippen molar-refractivity contribution in [2.45, 2.75) is 13.3 Å². The Labute approximate surface area is 163 Å². The number of aliphatic carboxylic acids is 1. The molecular weight excluding hydrogens is 358 g/mol. The second-order valence-electron chi connectivity index (χ2n) is 7.11. The van der Waals surface area contributed by atoms with E-state index in [0.29, 0.717) is 29.9 Å². The van der Waals surface area contributed by atoms with E-state index in [1.807, 2.05) is 25.1 Å². The van der Waals surface area contributed by atoms with Gasteiger partial charge in [-0.25, -0.2) is 4.79 Å². The van der Waals surface area contributed by atoms with Crippen molar-refractivity contribution in [1.29, 1.82) is 0 Å². The summed E-state index contributed by atoms with van der Waals surface area (Å²) in [7, 11) is 0. The lowest BCUT2D eigenvalue weighted by atomic mass is 9.91. The van der Waals surface area contributed by atoms with Gasteiger partial charge < -0.3 is 20.6 Å². The lowest BCUT2D eigenvalue weighted by Crippen LogP contribution is -2.47. The summed E-state index contributed by atoms with van der Waals surface area (Å²) in [5, 5.41) is 14.8. The fourth-order valence-electron chi connectivity index (χ4n) is 3.33. The van der Waals surface area contributed by atoms with Crippen molar-refractivity contribution in [2.75, 3.05) is 23.7 Å². The fraction of sp³-hybridized carbons (Fsp3) is 0.286. The van der Waals surface area contributed by atoms with Crippen LogP contribution in [-0.2, 0) is 4.79 Å². The Bertz CT molecular complexity index is 852. The van der Waals surface area contributed by atoms with Gasteiger partial charge in [0.05, 0.1) is 5.92 Å². The number of carboxylic acids is 1. The van der Waals surface area contributed by atoms with Gasteiger partial charge in [-0.05, 0) is 48.7 Å². The molecule has 0 aliphatic carbocycles. The average molecular weight is 381 g/mol. The van der Waals surface area contributed by atoms with Gasteiger partial charge in [-0.2, -0.15) is 0 Å². The summed E-state index contributed by atoms with van der Waals surface area (Å²) in [5.74, 6) is -1.53. The van der Waals surface area contributed by atoms with Crippen molar-refractivity contribution in [2.24, 2.45) is 11.8 Å². The van der Waals surface area contributed by atoms with E-state index in [1.165, 1.54) is 4.90 Å². The molecule has 2 aromatic rings. The summed E-state index contributed by atoms with van der Waals surface area (Å²) >= 11 is 0. The smallest absolute Gasteiger partial charge is 0.321 e. The number of urea groups is 1. The van der Waals surface area contributed by atoms with Crippen LogP contribution in [0.25, 0.3) is 0 Å². The number of piperidine rings is 1. The second-order valence-corrected chi connectivity index (χ2v) is 7.11. The zero-order valence-electron chi connectivity index (χ0n) is 15.6. The van der Waals surface area contributed by atoms with Gasteiger partial charge in [0, 0.05) is 30.0 Å². The van der Waals surface area contributed by atoms with E-state index in [-0.39, 0.29) is 24.4 Å². The Balaban J connectivity index is 1.60. The maximum Gasteiger partial charge on any atom is 0.321 e. The Morgan fingerprint density at radius 1 is 0.929 bits per heavy atom. The molecule has 0 saturated carbocycles. The quantitative estimate of drug-likeness (QED) is 0.755. The van der Waals surface area contributed by atoms with Crippen LogP contribution in [0.3, 0.4) is 0 Å². The fourth-order valence-corrected chi connectivity index (χ4v) is 3.33. The van der Waals surface area contributed by atoms with Crippen LogP contribution in [0, 0.1) is 11.8 Å². The van der Waals surface area contributed by atoms with Crippen molar-refractivity contribution >= 4 is 29.3 Å². The first kappa shape index (κ1) is 19.4. The molecule has 7 heteroatoms. The molecule has 2 atom stereocenters. The first-order valence-corrected chi connectivity index (χ1v) is 9.17. The zero-order valence-corrected chi connectivity index (χ0v) is 15.6. The van der Waals surface area contributed by atoms with E-state index >= 15 is 0 Å². The minimum Gasteiger partial charge on any atom is -0.481 e. The van der Waals surface area contributed by atoms with Gasteiger partial charge in [0.2, 0.25) is 0 Å². The molecule has 1 saturated heterocycles. The number of nitrogens with zero attached hydrogens (tertiary/aromatic N) is 1. The molecule has 2 unspecified atom stereocenters. The van der Waals surface area contributed by atoms with Crippen LogP contribution >= 0.6 is 0 Å². The van der Waals surface area contributed by atoms with E-state index in [4.69, 9.17) is 0 Å². The summed E-state index contributed by atoms with van der Waals surface area (Å²) < 4.78 is 0. The van der Waals surface area contributed by atoms with E-state index in [0.717, 1.165) is 0 Å². The lowest BCUT2D eigenvalue weighted by molar-refractivity contribution is -0.143. The van der Waals surface area contributed by atoms with Crippen molar-refractivity contribution < 1.29 is 19.5 Å². The molecular formula is C21H23N3O4. The van der Waals surface area contributed by atoms with Crippen LogP contribution in [-0.4, -0.2) is 41.0 Å². The Kier molecular flexibility index (Phi) is 5.93. The number of nitrogens with one attached hydrogen (secondary N) is 2. The highest BCUT2D eigenvalue weighted by Gasteiger charge is 2.31. The van der Waals surface area contributed by atoms with Crippen molar-refractivity contribution in [3.05, 3.63) is 60.2 Å². The van der Waals surface area contributed by atoms with Crippen molar-refractivity contribution in [1.82, 2.24) is 4.90 Å². The standard InChI is InChI=1S/C21H23N3O4/c1-14-11-16(20(26)27)13-24(12-14)21(28)23-18-9-7-15(8-10-18)19(25)22-17-5-3-2-4-6-17/h2-10,14,16H,11-13H2,1H3,(H,22,25)(H,23,28)(H,26,27). The SMILES string of the molecule is CC1CC(C(=O)O)CN(C(=O)Nc2ccc(C(=O)Nc3ccccc3)cc2)C1. The Morgan fingerprint density at radius 2 is 1.57 bits per heavy atom. The summed E-state index contributed by atoms with van der Waals surface area (Å²) in [5.41, 5.74) is 1.72. The minimum atomic E-state index is -0.877. The van der Waals surface area contributed by atoms with Crippen LogP contribution in [0.2, 0.25) is 0 Å². The highest BCUT2D eigenvalue weighted by molar-refractivity contribution is 6.04. The molecule has 0 aromatic heterocycles. The van der Waals surface area contributed by atoms with Gasteiger partial charge >= 0.3 is 12.0 Å². The molecule has 1 heterocycles. The average Bonchev–Trinajstić information content (AvgIpc) is 2.68. The molecule has 146 valence electrons. The maximum atomic E-state index is 12.5. The Morgan fingerprint density at radius 3 is 2.21 bits per heavy atom. The number of carbonyl (C=O) groups excluding carboxylic acids is 2.